The first-order valence-electron chi connectivity index (χ1n) is 8.41. The Kier molecular flexibility index (Phi) is 4.85. The number of hydrogen-bond acceptors (Lipinski definition) is 3. The lowest BCUT2D eigenvalue weighted by Gasteiger charge is -2.35. The van der Waals surface area contributed by atoms with Crippen molar-refractivity contribution in [3.8, 4) is 5.75 Å². The highest BCUT2D eigenvalue weighted by Gasteiger charge is 2.36. The van der Waals surface area contributed by atoms with Gasteiger partial charge in [-0.2, -0.15) is 0 Å². The first kappa shape index (κ1) is 16.2. The Balaban J connectivity index is 1.53. The number of nitrogens with zero attached hydrogens (tertiary/aromatic N) is 1. The molecule has 2 unspecified atom stereocenters. The van der Waals surface area contributed by atoms with Crippen molar-refractivity contribution in [2.24, 2.45) is 0 Å². The molecule has 0 spiro atoms. The summed E-state index contributed by atoms with van der Waals surface area (Å²) in [5, 5.41) is 3.60. The molecule has 23 heavy (non-hydrogen) atoms. The molecule has 2 bridgehead atoms. The van der Waals surface area contributed by atoms with Gasteiger partial charge in [0.05, 0.1) is 7.11 Å². The summed E-state index contributed by atoms with van der Waals surface area (Å²) in [6.07, 6.45) is 5.54. The normalized spacial score (nSPS) is 26.1. The number of carbonyl (C=O) groups is 1. The van der Waals surface area contributed by atoms with Gasteiger partial charge >= 0.3 is 0 Å². The van der Waals surface area contributed by atoms with Gasteiger partial charge in [-0.05, 0) is 49.8 Å². The molecule has 0 aliphatic carbocycles. The third kappa shape index (κ3) is 3.66. The molecule has 2 atom stereocenters. The van der Waals surface area contributed by atoms with Crippen molar-refractivity contribution < 1.29 is 13.9 Å². The van der Waals surface area contributed by atoms with Crippen molar-refractivity contribution in [3.05, 3.63) is 29.6 Å². The Morgan fingerprint density at radius 2 is 2.04 bits per heavy atom. The van der Waals surface area contributed by atoms with E-state index in [0.717, 1.165) is 18.4 Å². The van der Waals surface area contributed by atoms with E-state index in [2.05, 4.69) is 5.32 Å². The Hall–Kier alpha value is -1.62. The number of amides is 1. The van der Waals surface area contributed by atoms with Crippen molar-refractivity contribution in [1.82, 2.24) is 10.2 Å². The summed E-state index contributed by atoms with van der Waals surface area (Å²) in [5.74, 6) is 0.00985. The number of fused-ring (bicyclic) bond motifs is 2. The van der Waals surface area contributed by atoms with Crippen LogP contribution in [-0.4, -0.2) is 43.1 Å². The average molecular weight is 320 g/mol. The van der Waals surface area contributed by atoms with Crippen LogP contribution in [0.25, 0.3) is 0 Å². The van der Waals surface area contributed by atoms with Crippen LogP contribution in [0.5, 0.6) is 5.75 Å². The van der Waals surface area contributed by atoms with Crippen molar-refractivity contribution >= 4 is 5.91 Å². The second-order valence-corrected chi connectivity index (χ2v) is 6.74. The highest BCUT2D eigenvalue weighted by molar-refractivity contribution is 5.76. The lowest BCUT2D eigenvalue weighted by molar-refractivity contribution is -0.132. The number of halogens is 1. The Morgan fingerprint density at radius 1 is 1.35 bits per heavy atom. The number of nitrogens with one attached hydrogen (secondary N) is 1. The van der Waals surface area contributed by atoms with Crippen molar-refractivity contribution in [3.63, 3.8) is 0 Å². The topological polar surface area (TPSA) is 41.6 Å². The van der Waals surface area contributed by atoms with Gasteiger partial charge in [-0.3, -0.25) is 4.79 Å². The number of rotatable bonds is 5. The fourth-order valence-corrected chi connectivity index (χ4v) is 3.84. The Labute approximate surface area is 137 Å². The van der Waals surface area contributed by atoms with Gasteiger partial charge in [0.2, 0.25) is 5.91 Å². The molecule has 0 aromatic heterocycles. The molecule has 2 fully saturated rings. The number of hydrogen-bond donors (Lipinski definition) is 1. The molecule has 2 aliphatic rings. The molecule has 1 aromatic rings. The van der Waals surface area contributed by atoms with Gasteiger partial charge in [-0.25, -0.2) is 4.39 Å². The van der Waals surface area contributed by atoms with E-state index in [1.54, 1.807) is 6.07 Å². The van der Waals surface area contributed by atoms with Crippen LogP contribution < -0.4 is 10.1 Å². The predicted octanol–water partition coefficient (Wildman–Crippen LogP) is 2.51. The van der Waals surface area contributed by atoms with E-state index in [9.17, 15) is 9.18 Å². The van der Waals surface area contributed by atoms with E-state index >= 15 is 0 Å². The number of benzene rings is 1. The smallest absolute Gasteiger partial charge is 0.222 e. The monoisotopic (exact) mass is 320 g/mol. The quantitative estimate of drug-likeness (QED) is 0.906. The highest BCUT2D eigenvalue weighted by Crippen LogP contribution is 2.29. The molecule has 2 aliphatic heterocycles. The zero-order chi connectivity index (χ0) is 16.4. The summed E-state index contributed by atoms with van der Waals surface area (Å²) < 4.78 is 18.6. The minimum atomic E-state index is -0.374. The molecule has 126 valence electrons. The van der Waals surface area contributed by atoms with Crippen LogP contribution >= 0.6 is 0 Å². The molecule has 5 heteroatoms. The zero-order valence-corrected chi connectivity index (χ0v) is 13.8. The van der Waals surface area contributed by atoms with Gasteiger partial charge in [0.15, 0.2) is 11.6 Å². The SMILES string of the molecule is COc1ccc(CCC(=O)N(C)C2CC3CCC(C2)N3)cc1F. The van der Waals surface area contributed by atoms with E-state index in [4.69, 9.17) is 4.74 Å². The maximum atomic E-state index is 13.7. The predicted molar refractivity (Wildman–Crippen MR) is 87.0 cm³/mol. The second kappa shape index (κ2) is 6.87. The van der Waals surface area contributed by atoms with Gasteiger partial charge < -0.3 is 15.0 Å². The summed E-state index contributed by atoms with van der Waals surface area (Å²) in [5.41, 5.74) is 0.829. The summed E-state index contributed by atoms with van der Waals surface area (Å²) in [7, 11) is 3.36. The fourth-order valence-electron chi connectivity index (χ4n) is 3.84. The minimum absolute atomic E-state index is 0.146. The molecule has 0 radical (unpaired) electrons. The van der Waals surface area contributed by atoms with E-state index in [-0.39, 0.29) is 17.5 Å². The van der Waals surface area contributed by atoms with Gasteiger partial charge in [-0.15, -0.1) is 0 Å². The third-order valence-corrected chi connectivity index (χ3v) is 5.23. The first-order chi connectivity index (χ1) is 11.1. The minimum Gasteiger partial charge on any atom is -0.494 e. The van der Waals surface area contributed by atoms with Gasteiger partial charge in [0, 0.05) is 31.6 Å². The van der Waals surface area contributed by atoms with E-state index in [0.29, 0.717) is 31.0 Å². The summed E-state index contributed by atoms with van der Waals surface area (Å²) >= 11 is 0. The van der Waals surface area contributed by atoms with Crippen LogP contribution in [-0.2, 0) is 11.2 Å². The van der Waals surface area contributed by atoms with E-state index < -0.39 is 0 Å². The van der Waals surface area contributed by atoms with Crippen LogP contribution in [0.2, 0.25) is 0 Å². The Bertz CT molecular complexity index is 566. The number of piperidine rings is 1. The average Bonchev–Trinajstić information content (AvgIpc) is 2.90. The van der Waals surface area contributed by atoms with Crippen LogP contribution in [0.15, 0.2) is 18.2 Å². The van der Waals surface area contributed by atoms with Crippen LogP contribution in [0.4, 0.5) is 4.39 Å². The van der Waals surface area contributed by atoms with Crippen LogP contribution in [0.3, 0.4) is 0 Å². The number of carbonyl (C=O) groups excluding carboxylic acids is 1. The molecule has 3 rings (SSSR count). The zero-order valence-electron chi connectivity index (χ0n) is 13.8. The van der Waals surface area contributed by atoms with Crippen molar-refractivity contribution in [2.75, 3.05) is 14.2 Å². The molecule has 2 heterocycles. The van der Waals surface area contributed by atoms with E-state index in [1.165, 1.54) is 26.0 Å². The molecule has 4 nitrogen and oxygen atoms in total. The summed E-state index contributed by atoms with van der Waals surface area (Å²) in [6.45, 7) is 0. The standard InChI is InChI=1S/C18H25FN2O2/c1-21(15-10-13-5-6-14(11-15)20-13)18(22)8-4-12-3-7-17(23-2)16(19)9-12/h3,7,9,13-15,20H,4-6,8,10-11H2,1-2H3. The molecular weight excluding hydrogens is 295 g/mol. The summed E-state index contributed by atoms with van der Waals surface area (Å²) in [4.78, 5) is 14.4. The van der Waals surface area contributed by atoms with Gasteiger partial charge in [0.1, 0.15) is 0 Å². The number of ether oxygens (including phenoxy) is 1. The third-order valence-electron chi connectivity index (χ3n) is 5.23. The van der Waals surface area contributed by atoms with Crippen LogP contribution in [0, 0.1) is 5.82 Å². The molecule has 0 saturated carbocycles. The number of aryl methyl sites for hydroxylation is 1. The van der Waals surface area contributed by atoms with Crippen molar-refractivity contribution in [2.45, 2.75) is 56.7 Å². The molecular formula is C18H25FN2O2. The molecule has 1 N–H and O–H groups in total. The lowest BCUT2D eigenvalue weighted by atomic mass is 9.98. The largest absolute Gasteiger partial charge is 0.494 e. The Morgan fingerprint density at radius 3 is 2.65 bits per heavy atom. The molecule has 2 saturated heterocycles. The maximum absolute atomic E-state index is 13.7. The molecule has 1 amide bonds. The lowest BCUT2D eigenvalue weighted by Crippen LogP contribution is -2.48. The summed E-state index contributed by atoms with van der Waals surface area (Å²) in [6, 6.07) is 6.38. The maximum Gasteiger partial charge on any atom is 0.222 e. The highest BCUT2D eigenvalue weighted by atomic mass is 19.1. The van der Waals surface area contributed by atoms with Gasteiger partial charge in [0.25, 0.3) is 0 Å². The second-order valence-electron chi connectivity index (χ2n) is 6.74. The van der Waals surface area contributed by atoms with Crippen LogP contribution in [0.1, 0.15) is 37.7 Å². The van der Waals surface area contributed by atoms with Crippen molar-refractivity contribution in [1.29, 1.82) is 0 Å². The number of methoxy groups -OCH3 is 1. The fraction of sp³-hybridized carbons (Fsp3) is 0.611. The van der Waals surface area contributed by atoms with E-state index in [1.807, 2.05) is 18.0 Å². The first-order valence-corrected chi connectivity index (χ1v) is 8.41. The van der Waals surface area contributed by atoms with Gasteiger partial charge in [-0.1, -0.05) is 6.07 Å². The molecule has 1 aromatic carbocycles.